The first-order valence-electron chi connectivity index (χ1n) is 16.5. The molecule has 4 heterocycles. The van der Waals surface area contributed by atoms with Gasteiger partial charge >= 0.3 is 0 Å². The zero-order chi connectivity index (χ0) is 32.1. The van der Waals surface area contributed by atoms with Crippen LogP contribution in [0.2, 0.25) is 0 Å². The second kappa shape index (κ2) is 9.89. The van der Waals surface area contributed by atoms with Gasteiger partial charge in [-0.05, 0) is 53.2 Å². The van der Waals surface area contributed by atoms with Gasteiger partial charge in [-0.3, -0.25) is 4.57 Å². The van der Waals surface area contributed by atoms with Gasteiger partial charge in [0.05, 0.1) is 27.5 Å². The number of fused-ring (bicyclic) bond motifs is 11. The van der Waals surface area contributed by atoms with Gasteiger partial charge in [0.25, 0.3) is 0 Å². The molecule has 0 fully saturated rings. The lowest BCUT2D eigenvalue weighted by atomic mass is 10.1. The van der Waals surface area contributed by atoms with Crippen molar-refractivity contribution in [3.63, 3.8) is 0 Å². The minimum Gasteiger partial charge on any atom is -0.452 e. The molecule has 49 heavy (non-hydrogen) atoms. The third-order valence-electron chi connectivity index (χ3n) is 9.92. The highest BCUT2D eigenvalue weighted by Crippen LogP contribution is 2.42. The molecule has 7 aromatic carbocycles. The van der Waals surface area contributed by atoms with E-state index in [1.165, 1.54) is 16.3 Å². The van der Waals surface area contributed by atoms with Crippen LogP contribution in [0.3, 0.4) is 0 Å². The molecular weight excluding hydrogens is 601 g/mol. The molecule has 11 rings (SSSR count). The van der Waals surface area contributed by atoms with Crippen LogP contribution in [0.4, 0.5) is 0 Å². The second-order valence-corrected chi connectivity index (χ2v) is 12.6. The van der Waals surface area contributed by atoms with Gasteiger partial charge < -0.3 is 8.98 Å². The molecule has 0 spiro atoms. The summed E-state index contributed by atoms with van der Waals surface area (Å²) in [6.45, 7) is 0. The van der Waals surface area contributed by atoms with Crippen molar-refractivity contribution in [3.05, 3.63) is 158 Å². The largest absolute Gasteiger partial charge is 0.452 e. The van der Waals surface area contributed by atoms with Crippen LogP contribution in [-0.4, -0.2) is 19.1 Å². The van der Waals surface area contributed by atoms with E-state index in [0.29, 0.717) is 11.5 Å². The Hall–Kier alpha value is -6.72. The van der Waals surface area contributed by atoms with E-state index in [1.807, 2.05) is 24.3 Å². The van der Waals surface area contributed by atoms with Crippen LogP contribution in [0.5, 0.6) is 0 Å². The smallest absolute Gasteiger partial charge is 0.236 e. The molecule has 0 aliphatic carbocycles. The van der Waals surface area contributed by atoms with E-state index < -0.39 is 0 Å². The van der Waals surface area contributed by atoms with Gasteiger partial charge in [0.2, 0.25) is 5.95 Å². The molecule has 228 valence electrons. The topological polar surface area (TPSA) is 48.8 Å². The minimum absolute atomic E-state index is 0.610. The Kier molecular flexibility index (Phi) is 5.32. The molecule has 4 aromatic heterocycles. The summed E-state index contributed by atoms with van der Waals surface area (Å²) in [4.78, 5) is 10.7. The summed E-state index contributed by atoms with van der Waals surface area (Å²) in [6.07, 6.45) is 0. The van der Waals surface area contributed by atoms with Crippen LogP contribution in [0.1, 0.15) is 0 Å². The van der Waals surface area contributed by atoms with E-state index in [4.69, 9.17) is 14.4 Å². The first-order valence-corrected chi connectivity index (χ1v) is 16.5. The first-order chi connectivity index (χ1) is 24.3. The lowest BCUT2D eigenvalue weighted by molar-refractivity contribution is 0.667. The van der Waals surface area contributed by atoms with Crippen molar-refractivity contribution in [2.24, 2.45) is 0 Å². The maximum atomic E-state index is 6.61. The molecule has 11 aromatic rings. The van der Waals surface area contributed by atoms with E-state index in [-0.39, 0.29) is 0 Å². The first kappa shape index (κ1) is 26.4. The Morgan fingerprint density at radius 1 is 0.449 bits per heavy atom. The van der Waals surface area contributed by atoms with Gasteiger partial charge in [-0.1, -0.05) is 115 Å². The summed E-state index contributed by atoms with van der Waals surface area (Å²) in [5.41, 5.74) is 9.63. The van der Waals surface area contributed by atoms with Gasteiger partial charge in [0, 0.05) is 32.8 Å². The fraction of sp³-hybridized carbons (Fsp3) is 0. The van der Waals surface area contributed by atoms with Gasteiger partial charge in [0.1, 0.15) is 16.8 Å². The predicted molar refractivity (Wildman–Crippen MR) is 201 cm³/mol. The average molecular weight is 627 g/mol. The molecule has 0 aliphatic rings. The molecule has 0 amide bonds. The van der Waals surface area contributed by atoms with Crippen molar-refractivity contribution in [2.45, 2.75) is 0 Å². The fourth-order valence-electron chi connectivity index (χ4n) is 7.79. The van der Waals surface area contributed by atoms with Gasteiger partial charge in [-0.25, -0.2) is 9.97 Å². The quantitative estimate of drug-likeness (QED) is 0.196. The van der Waals surface area contributed by atoms with Crippen molar-refractivity contribution in [2.75, 3.05) is 0 Å². The number of rotatable bonds is 3. The SMILES string of the molecule is c1ccc(-c2nc(-n3c4ccccc4c4cc5c(cc43)c3ccccc3n5-c3ccccc3)nc3c2oc2ccc4ccccc4c23)cc1. The van der Waals surface area contributed by atoms with Gasteiger partial charge in [0.15, 0.2) is 5.58 Å². The highest BCUT2D eigenvalue weighted by molar-refractivity contribution is 6.20. The lowest BCUT2D eigenvalue weighted by Gasteiger charge is -2.10. The number of furan rings is 1. The van der Waals surface area contributed by atoms with E-state index in [0.717, 1.165) is 71.5 Å². The summed E-state index contributed by atoms with van der Waals surface area (Å²) < 4.78 is 11.2. The number of hydrogen-bond acceptors (Lipinski definition) is 3. The molecule has 0 atom stereocenters. The molecule has 0 N–H and O–H groups in total. The van der Waals surface area contributed by atoms with Crippen molar-refractivity contribution in [1.82, 2.24) is 19.1 Å². The number of hydrogen-bond donors (Lipinski definition) is 0. The highest BCUT2D eigenvalue weighted by Gasteiger charge is 2.23. The Bertz CT molecular complexity index is 3100. The monoisotopic (exact) mass is 626 g/mol. The second-order valence-electron chi connectivity index (χ2n) is 12.6. The molecule has 0 saturated carbocycles. The van der Waals surface area contributed by atoms with Crippen molar-refractivity contribution >= 4 is 76.5 Å². The number of benzene rings is 7. The molecule has 0 bridgehead atoms. The number of nitrogens with zero attached hydrogens (tertiary/aromatic N) is 4. The maximum Gasteiger partial charge on any atom is 0.236 e. The third kappa shape index (κ3) is 3.70. The standard InChI is InChI=1S/C44H26N4O/c1-3-14-28(15-4-1)41-43-42(40-30-18-8-7-13-27(30)23-24-39(40)49-43)46-44(45-41)48-36-22-12-10-20-32(36)34-25-37-33(26-38(34)48)31-19-9-11-21-35(31)47(37)29-16-5-2-6-17-29/h1-26H. The summed E-state index contributed by atoms with van der Waals surface area (Å²) >= 11 is 0. The minimum atomic E-state index is 0.610. The van der Waals surface area contributed by atoms with E-state index >= 15 is 0 Å². The van der Waals surface area contributed by atoms with E-state index in [2.05, 4.69) is 143 Å². The number of para-hydroxylation sites is 3. The van der Waals surface area contributed by atoms with Crippen LogP contribution in [-0.2, 0) is 0 Å². The molecule has 5 heteroatoms. The zero-order valence-corrected chi connectivity index (χ0v) is 26.2. The van der Waals surface area contributed by atoms with Crippen LogP contribution >= 0.6 is 0 Å². The summed E-state index contributed by atoms with van der Waals surface area (Å²) in [5, 5.41) is 7.94. The zero-order valence-electron chi connectivity index (χ0n) is 26.2. The molecule has 0 unspecified atom stereocenters. The Morgan fingerprint density at radius 2 is 1.04 bits per heavy atom. The maximum absolute atomic E-state index is 6.61. The van der Waals surface area contributed by atoms with Crippen molar-refractivity contribution < 1.29 is 4.42 Å². The Morgan fingerprint density at radius 3 is 1.78 bits per heavy atom. The Labute approximate surface area is 279 Å². The van der Waals surface area contributed by atoms with E-state index in [1.54, 1.807) is 0 Å². The molecule has 0 radical (unpaired) electrons. The van der Waals surface area contributed by atoms with Crippen LogP contribution < -0.4 is 0 Å². The molecule has 0 saturated heterocycles. The van der Waals surface area contributed by atoms with Gasteiger partial charge in [-0.2, -0.15) is 0 Å². The van der Waals surface area contributed by atoms with Crippen molar-refractivity contribution in [3.8, 4) is 22.9 Å². The summed E-state index contributed by atoms with van der Waals surface area (Å²) in [5.74, 6) is 0.610. The lowest BCUT2D eigenvalue weighted by Crippen LogP contribution is -2.03. The normalized spacial score (nSPS) is 12.1. The van der Waals surface area contributed by atoms with Crippen LogP contribution in [0.15, 0.2) is 162 Å². The third-order valence-corrected chi connectivity index (χ3v) is 9.92. The molecule has 0 aliphatic heterocycles. The van der Waals surface area contributed by atoms with Crippen LogP contribution in [0, 0.1) is 0 Å². The average Bonchev–Trinajstić information content (AvgIpc) is 3.82. The van der Waals surface area contributed by atoms with Gasteiger partial charge in [-0.15, -0.1) is 0 Å². The summed E-state index contributed by atoms with van der Waals surface area (Å²) in [6, 6.07) is 55.4. The Balaban J connectivity index is 1.30. The van der Waals surface area contributed by atoms with Crippen molar-refractivity contribution in [1.29, 1.82) is 0 Å². The number of aromatic nitrogens is 4. The summed E-state index contributed by atoms with van der Waals surface area (Å²) in [7, 11) is 0. The predicted octanol–water partition coefficient (Wildman–Crippen LogP) is 11.4. The molecular formula is C44H26N4O. The fourth-order valence-corrected chi connectivity index (χ4v) is 7.79. The molecule has 5 nitrogen and oxygen atoms in total. The van der Waals surface area contributed by atoms with Crippen LogP contribution in [0.25, 0.3) is 99.3 Å². The van der Waals surface area contributed by atoms with E-state index in [9.17, 15) is 0 Å². The highest BCUT2D eigenvalue weighted by atomic mass is 16.3.